The lowest BCUT2D eigenvalue weighted by Crippen LogP contribution is -2.45. The van der Waals surface area contributed by atoms with Crippen molar-refractivity contribution >= 4 is 35.1 Å². The average molecular weight is 330 g/mol. The molecule has 0 aromatic heterocycles. The molecule has 0 saturated carbocycles. The first kappa shape index (κ1) is 16.1. The number of carbonyl (C=O) groups is 2. The number of rotatable bonds is 3. The van der Waals surface area contributed by atoms with E-state index in [1.807, 2.05) is 6.92 Å². The highest BCUT2D eigenvalue weighted by atomic mass is 35.5. The maximum absolute atomic E-state index is 12.4. The number of benzene rings is 1. The highest BCUT2D eigenvalue weighted by Gasteiger charge is 2.33. The number of likely N-dealkylation sites (tertiary alicyclic amines) is 1. The van der Waals surface area contributed by atoms with Crippen molar-refractivity contribution in [3.05, 3.63) is 33.8 Å². The quantitative estimate of drug-likeness (QED) is 0.926. The second-order valence-electron chi connectivity index (χ2n) is 5.43. The third-order valence-electron chi connectivity index (χ3n) is 3.96. The molecule has 1 aliphatic heterocycles. The molecule has 21 heavy (non-hydrogen) atoms. The highest BCUT2D eigenvalue weighted by molar-refractivity contribution is 6.36. The number of aliphatic carboxylic acids is 1. The molecule has 114 valence electrons. The molecule has 0 radical (unpaired) electrons. The fourth-order valence-electron chi connectivity index (χ4n) is 2.70. The second-order valence-corrected chi connectivity index (χ2v) is 6.24. The van der Waals surface area contributed by atoms with Gasteiger partial charge in [-0.05, 0) is 30.0 Å². The summed E-state index contributed by atoms with van der Waals surface area (Å²) in [4.78, 5) is 25.1. The zero-order valence-electron chi connectivity index (χ0n) is 11.7. The lowest BCUT2D eigenvalue weighted by Gasteiger charge is -2.35. The van der Waals surface area contributed by atoms with E-state index in [2.05, 4.69) is 0 Å². The summed E-state index contributed by atoms with van der Waals surface area (Å²) in [6.07, 6.45) is 0.626. The van der Waals surface area contributed by atoms with Crippen molar-refractivity contribution in [2.45, 2.75) is 19.8 Å². The molecule has 0 aliphatic carbocycles. The Kier molecular flexibility index (Phi) is 5.12. The minimum Gasteiger partial charge on any atom is -0.481 e. The van der Waals surface area contributed by atoms with E-state index in [0.717, 1.165) is 0 Å². The van der Waals surface area contributed by atoms with Crippen LogP contribution in [0.5, 0.6) is 0 Å². The molecule has 0 bridgehead atoms. The van der Waals surface area contributed by atoms with Gasteiger partial charge in [0, 0.05) is 23.1 Å². The van der Waals surface area contributed by atoms with Crippen molar-refractivity contribution in [1.82, 2.24) is 4.90 Å². The van der Waals surface area contributed by atoms with Crippen LogP contribution >= 0.6 is 23.2 Å². The summed E-state index contributed by atoms with van der Waals surface area (Å²) in [5, 5.41) is 10.1. The van der Waals surface area contributed by atoms with Gasteiger partial charge in [0.05, 0.1) is 12.3 Å². The molecular formula is C15H17Cl2NO3. The molecule has 1 aliphatic rings. The van der Waals surface area contributed by atoms with Gasteiger partial charge >= 0.3 is 5.97 Å². The molecule has 1 saturated heterocycles. The standard InChI is InChI=1S/C15H17Cl2NO3/c1-9-8-18(6-5-10(9)15(20)21)14(19)7-11-12(16)3-2-4-13(11)17/h2-4,9-10H,5-8H2,1H3,(H,20,21). The maximum Gasteiger partial charge on any atom is 0.306 e. The molecule has 1 heterocycles. The smallest absolute Gasteiger partial charge is 0.306 e. The first-order valence-corrected chi connectivity index (χ1v) is 7.59. The number of piperidine rings is 1. The molecule has 4 nitrogen and oxygen atoms in total. The summed E-state index contributed by atoms with van der Waals surface area (Å²) in [6, 6.07) is 5.14. The van der Waals surface area contributed by atoms with Crippen LogP contribution in [0.15, 0.2) is 18.2 Å². The van der Waals surface area contributed by atoms with Gasteiger partial charge < -0.3 is 10.0 Å². The van der Waals surface area contributed by atoms with Gasteiger partial charge in [-0.25, -0.2) is 0 Å². The average Bonchev–Trinajstić information content (AvgIpc) is 2.42. The molecule has 1 amide bonds. The van der Waals surface area contributed by atoms with Crippen molar-refractivity contribution in [2.24, 2.45) is 11.8 Å². The van der Waals surface area contributed by atoms with Crippen molar-refractivity contribution in [1.29, 1.82) is 0 Å². The van der Waals surface area contributed by atoms with Crippen LogP contribution in [0.3, 0.4) is 0 Å². The number of amides is 1. The van der Waals surface area contributed by atoms with Crippen LogP contribution in [0, 0.1) is 11.8 Å². The minimum atomic E-state index is -0.788. The van der Waals surface area contributed by atoms with Crippen molar-refractivity contribution in [3.63, 3.8) is 0 Å². The van der Waals surface area contributed by atoms with Gasteiger partial charge in [0.25, 0.3) is 0 Å². The van der Waals surface area contributed by atoms with Gasteiger partial charge in [-0.15, -0.1) is 0 Å². The van der Waals surface area contributed by atoms with E-state index in [1.165, 1.54) is 0 Å². The molecule has 1 aromatic rings. The molecule has 2 atom stereocenters. The summed E-state index contributed by atoms with van der Waals surface area (Å²) >= 11 is 12.1. The van der Waals surface area contributed by atoms with Gasteiger partial charge in [-0.1, -0.05) is 36.2 Å². The van der Waals surface area contributed by atoms with Crippen LogP contribution in [0.1, 0.15) is 18.9 Å². The van der Waals surface area contributed by atoms with Crippen molar-refractivity contribution in [2.75, 3.05) is 13.1 Å². The molecule has 1 N–H and O–H groups in total. The first-order valence-electron chi connectivity index (χ1n) is 6.83. The maximum atomic E-state index is 12.4. The van der Waals surface area contributed by atoms with Crippen molar-refractivity contribution < 1.29 is 14.7 Å². The van der Waals surface area contributed by atoms with Gasteiger partial charge in [-0.3, -0.25) is 9.59 Å². The number of hydrogen-bond donors (Lipinski definition) is 1. The highest BCUT2D eigenvalue weighted by Crippen LogP contribution is 2.27. The predicted molar refractivity (Wildman–Crippen MR) is 81.7 cm³/mol. The summed E-state index contributed by atoms with van der Waals surface area (Å²) in [5.41, 5.74) is 0.624. The van der Waals surface area contributed by atoms with E-state index in [1.54, 1.807) is 23.1 Å². The van der Waals surface area contributed by atoms with Gasteiger partial charge in [0.15, 0.2) is 0 Å². The van der Waals surface area contributed by atoms with Gasteiger partial charge in [0.2, 0.25) is 5.91 Å². The Morgan fingerprint density at radius 3 is 2.48 bits per heavy atom. The predicted octanol–water partition coefficient (Wildman–Crippen LogP) is 3.11. The molecule has 6 heteroatoms. The number of nitrogens with zero attached hydrogens (tertiary/aromatic N) is 1. The topological polar surface area (TPSA) is 57.6 Å². The van der Waals surface area contributed by atoms with E-state index < -0.39 is 5.97 Å². The van der Waals surface area contributed by atoms with Crippen LogP contribution in [-0.2, 0) is 16.0 Å². The minimum absolute atomic E-state index is 0.0538. The molecular weight excluding hydrogens is 313 g/mol. The summed E-state index contributed by atoms with van der Waals surface area (Å²) in [5.74, 6) is -1.29. The van der Waals surface area contributed by atoms with E-state index >= 15 is 0 Å². The Morgan fingerprint density at radius 2 is 1.95 bits per heavy atom. The lowest BCUT2D eigenvalue weighted by atomic mass is 9.87. The summed E-state index contributed by atoms with van der Waals surface area (Å²) in [7, 11) is 0. The Morgan fingerprint density at radius 1 is 1.33 bits per heavy atom. The molecule has 2 rings (SSSR count). The molecule has 1 fully saturated rings. The van der Waals surface area contributed by atoms with Crippen LogP contribution in [0.25, 0.3) is 0 Å². The molecule has 0 spiro atoms. The van der Waals surface area contributed by atoms with E-state index in [9.17, 15) is 9.59 Å². The number of carboxylic acid groups (broad SMARTS) is 1. The number of carbonyl (C=O) groups excluding carboxylic acids is 1. The van der Waals surface area contributed by atoms with Crippen molar-refractivity contribution in [3.8, 4) is 0 Å². The monoisotopic (exact) mass is 329 g/mol. The van der Waals surface area contributed by atoms with Crippen LogP contribution in [-0.4, -0.2) is 35.0 Å². The fraction of sp³-hybridized carbons (Fsp3) is 0.467. The third kappa shape index (κ3) is 3.69. The van der Waals surface area contributed by atoms with Crippen LogP contribution < -0.4 is 0 Å². The van der Waals surface area contributed by atoms with E-state index in [0.29, 0.717) is 35.1 Å². The normalized spacial score (nSPS) is 22.1. The largest absolute Gasteiger partial charge is 0.481 e. The fourth-order valence-corrected chi connectivity index (χ4v) is 3.23. The Labute approximate surface area is 133 Å². The Balaban J connectivity index is 2.04. The lowest BCUT2D eigenvalue weighted by molar-refractivity contribution is -0.148. The van der Waals surface area contributed by atoms with E-state index in [4.69, 9.17) is 28.3 Å². The van der Waals surface area contributed by atoms with Gasteiger partial charge in [-0.2, -0.15) is 0 Å². The van der Waals surface area contributed by atoms with Crippen LogP contribution in [0.2, 0.25) is 10.0 Å². The molecule has 1 aromatic carbocycles. The SMILES string of the molecule is CC1CN(C(=O)Cc2c(Cl)cccc2Cl)CCC1C(=O)O. The summed E-state index contributed by atoms with van der Waals surface area (Å²) < 4.78 is 0. The zero-order chi connectivity index (χ0) is 15.6. The second kappa shape index (κ2) is 6.67. The van der Waals surface area contributed by atoms with E-state index in [-0.39, 0.29) is 24.2 Å². The number of hydrogen-bond acceptors (Lipinski definition) is 2. The first-order chi connectivity index (χ1) is 9.90. The molecule has 2 unspecified atom stereocenters. The number of carboxylic acids is 1. The third-order valence-corrected chi connectivity index (χ3v) is 4.67. The zero-order valence-corrected chi connectivity index (χ0v) is 13.2. The summed E-state index contributed by atoms with van der Waals surface area (Å²) in [6.45, 7) is 2.78. The van der Waals surface area contributed by atoms with Gasteiger partial charge in [0.1, 0.15) is 0 Å². The Hall–Kier alpha value is -1.26. The Bertz CT molecular complexity index is 542. The van der Waals surface area contributed by atoms with Crippen LogP contribution in [0.4, 0.5) is 0 Å². The number of halogens is 2.